The van der Waals surface area contributed by atoms with Crippen LogP contribution in [0.5, 0.6) is 5.75 Å². The molecule has 0 fully saturated rings. The van der Waals surface area contributed by atoms with Crippen LogP contribution in [0.1, 0.15) is 25.0 Å². The fourth-order valence-corrected chi connectivity index (χ4v) is 1.64. The van der Waals surface area contributed by atoms with E-state index in [0.717, 1.165) is 18.8 Å². The van der Waals surface area contributed by atoms with Gasteiger partial charge in [-0.1, -0.05) is 62.4 Å². The van der Waals surface area contributed by atoms with Gasteiger partial charge in [-0.2, -0.15) is 0 Å². The number of ether oxygens (including phenoxy) is 1. The Bertz CT molecular complexity index is 434. The van der Waals surface area contributed by atoms with Gasteiger partial charge in [-0.3, -0.25) is 0 Å². The van der Waals surface area contributed by atoms with Crippen LogP contribution >= 0.6 is 0 Å². The minimum Gasteiger partial charge on any atom is -0.493 e. The molecule has 0 unspecified atom stereocenters. The number of aryl methyl sites for hydroxylation is 1. The number of para-hydroxylation sites is 1. The summed E-state index contributed by atoms with van der Waals surface area (Å²) in [6.45, 7) is 6.80. The van der Waals surface area contributed by atoms with Crippen molar-refractivity contribution in [1.29, 1.82) is 0 Å². The van der Waals surface area contributed by atoms with E-state index in [0.29, 0.717) is 0 Å². The van der Waals surface area contributed by atoms with E-state index in [9.17, 15) is 0 Å². The van der Waals surface area contributed by atoms with Crippen molar-refractivity contribution in [2.45, 2.75) is 27.2 Å². The van der Waals surface area contributed by atoms with Gasteiger partial charge in [0.15, 0.2) is 0 Å². The van der Waals surface area contributed by atoms with E-state index in [1.807, 2.05) is 38.1 Å². The van der Waals surface area contributed by atoms with Gasteiger partial charge in [0.05, 0.1) is 6.61 Å². The SMILES string of the molecule is CC.Cc1ccccc1OCCc1ccccc1. The predicted molar refractivity (Wildman–Crippen MR) is 78.2 cm³/mol. The zero-order chi connectivity index (χ0) is 13.2. The van der Waals surface area contributed by atoms with Gasteiger partial charge in [-0.15, -0.1) is 0 Å². The zero-order valence-electron chi connectivity index (χ0n) is 11.5. The molecule has 0 aliphatic heterocycles. The Morgan fingerprint density at radius 3 is 2.11 bits per heavy atom. The molecule has 0 N–H and O–H groups in total. The standard InChI is InChI=1S/C15H16O.C2H6/c1-13-7-5-6-10-15(13)16-12-11-14-8-3-2-4-9-14;1-2/h2-10H,11-12H2,1H3;1-2H3. The third-order valence-electron chi connectivity index (χ3n) is 2.58. The lowest BCUT2D eigenvalue weighted by Crippen LogP contribution is -2.02. The lowest BCUT2D eigenvalue weighted by molar-refractivity contribution is 0.320. The zero-order valence-corrected chi connectivity index (χ0v) is 11.5. The van der Waals surface area contributed by atoms with Gasteiger partial charge in [0.25, 0.3) is 0 Å². The van der Waals surface area contributed by atoms with Crippen LogP contribution in [0, 0.1) is 6.92 Å². The Morgan fingerprint density at radius 2 is 1.44 bits per heavy atom. The van der Waals surface area contributed by atoms with Crippen molar-refractivity contribution in [3.8, 4) is 5.75 Å². The summed E-state index contributed by atoms with van der Waals surface area (Å²) in [5.41, 5.74) is 2.51. The molecule has 0 aliphatic rings. The van der Waals surface area contributed by atoms with Crippen LogP contribution in [0.3, 0.4) is 0 Å². The van der Waals surface area contributed by atoms with Crippen LogP contribution in [0.4, 0.5) is 0 Å². The smallest absolute Gasteiger partial charge is 0.122 e. The maximum absolute atomic E-state index is 5.74. The molecule has 0 saturated carbocycles. The fourth-order valence-electron chi connectivity index (χ4n) is 1.64. The summed E-state index contributed by atoms with van der Waals surface area (Å²) in [6.07, 6.45) is 0.954. The highest BCUT2D eigenvalue weighted by atomic mass is 16.5. The normalized spacial score (nSPS) is 9.28. The van der Waals surface area contributed by atoms with Crippen molar-refractivity contribution in [3.05, 3.63) is 65.7 Å². The molecular formula is C17H22O. The molecule has 96 valence electrons. The van der Waals surface area contributed by atoms with Crippen molar-refractivity contribution in [2.75, 3.05) is 6.61 Å². The Labute approximate surface area is 110 Å². The number of rotatable bonds is 4. The average molecular weight is 242 g/mol. The summed E-state index contributed by atoms with van der Waals surface area (Å²) in [4.78, 5) is 0. The molecule has 0 heterocycles. The van der Waals surface area contributed by atoms with Crippen molar-refractivity contribution in [1.82, 2.24) is 0 Å². The molecular weight excluding hydrogens is 220 g/mol. The number of hydrogen-bond donors (Lipinski definition) is 0. The molecule has 2 aromatic rings. The molecule has 2 rings (SSSR count). The Hall–Kier alpha value is -1.76. The summed E-state index contributed by atoms with van der Waals surface area (Å²) in [7, 11) is 0. The van der Waals surface area contributed by atoms with Crippen molar-refractivity contribution >= 4 is 0 Å². The first-order valence-corrected chi connectivity index (χ1v) is 6.58. The molecule has 0 bridgehead atoms. The molecule has 0 amide bonds. The molecule has 0 atom stereocenters. The lowest BCUT2D eigenvalue weighted by Gasteiger charge is -2.08. The number of hydrogen-bond acceptors (Lipinski definition) is 1. The van der Waals surface area contributed by atoms with Gasteiger partial charge in [0, 0.05) is 6.42 Å². The van der Waals surface area contributed by atoms with Crippen LogP contribution in [-0.2, 0) is 6.42 Å². The second kappa shape index (κ2) is 8.35. The largest absolute Gasteiger partial charge is 0.493 e. The van der Waals surface area contributed by atoms with Crippen LogP contribution in [0.15, 0.2) is 54.6 Å². The highest BCUT2D eigenvalue weighted by Gasteiger charge is 1.97. The number of benzene rings is 2. The predicted octanol–water partition coefficient (Wildman–Crippen LogP) is 4.64. The summed E-state index contributed by atoms with van der Waals surface area (Å²) >= 11 is 0. The Morgan fingerprint density at radius 1 is 0.833 bits per heavy atom. The van der Waals surface area contributed by atoms with E-state index >= 15 is 0 Å². The van der Waals surface area contributed by atoms with E-state index < -0.39 is 0 Å². The molecule has 18 heavy (non-hydrogen) atoms. The summed E-state index contributed by atoms with van der Waals surface area (Å²) in [6, 6.07) is 18.5. The quantitative estimate of drug-likeness (QED) is 0.758. The third kappa shape index (κ3) is 4.62. The first kappa shape index (κ1) is 14.3. The molecule has 0 saturated heterocycles. The van der Waals surface area contributed by atoms with E-state index in [1.54, 1.807) is 0 Å². The minimum absolute atomic E-state index is 0.731. The van der Waals surface area contributed by atoms with Crippen molar-refractivity contribution in [3.63, 3.8) is 0 Å². The fraction of sp³-hybridized carbons (Fsp3) is 0.294. The first-order valence-electron chi connectivity index (χ1n) is 6.58. The highest BCUT2D eigenvalue weighted by Crippen LogP contribution is 2.16. The molecule has 0 spiro atoms. The van der Waals surface area contributed by atoms with Gasteiger partial charge < -0.3 is 4.74 Å². The summed E-state index contributed by atoms with van der Waals surface area (Å²) in [5, 5.41) is 0. The molecule has 0 radical (unpaired) electrons. The summed E-state index contributed by atoms with van der Waals surface area (Å²) < 4.78 is 5.74. The van der Waals surface area contributed by atoms with Crippen LogP contribution < -0.4 is 4.74 Å². The van der Waals surface area contributed by atoms with E-state index in [-0.39, 0.29) is 0 Å². The molecule has 1 nitrogen and oxygen atoms in total. The molecule has 2 aromatic carbocycles. The first-order chi connectivity index (χ1) is 8.86. The van der Waals surface area contributed by atoms with Gasteiger partial charge in [0.2, 0.25) is 0 Å². The van der Waals surface area contributed by atoms with Gasteiger partial charge in [-0.05, 0) is 24.1 Å². The lowest BCUT2D eigenvalue weighted by atomic mass is 10.2. The van der Waals surface area contributed by atoms with Crippen molar-refractivity contribution in [2.24, 2.45) is 0 Å². The molecule has 1 heteroatoms. The Balaban J connectivity index is 0.000000771. The molecule has 0 aliphatic carbocycles. The van der Waals surface area contributed by atoms with Crippen molar-refractivity contribution < 1.29 is 4.74 Å². The second-order valence-corrected chi connectivity index (χ2v) is 3.85. The van der Waals surface area contributed by atoms with Crippen LogP contribution in [0.25, 0.3) is 0 Å². The van der Waals surface area contributed by atoms with E-state index in [4.69, 9.17) is 4.74 Å². The van der Waals surface area contributed by atoms with Gasteiger partial charge >= 0.3 is 0 Å². The van der Waals surface area contributed by atoms with Gasteiger partial charge in [-0.25, -0.2) is 0 Å². The molecule has 0 aromatic heterocycles. The van der Waals surface area contributed by atoms with Crippen LogP contribution in [0.2, 0.25) is 0 Å². The topological polar surface area (TPSA) is 9.23 Å². The monoisotopic (exact) mass is 242 g/mol. The van der Waals surface area contributed by atoms with E-state index in [1.165, 1.54) is 11.1 Å². The van der Waals surface area contributed by atoms with Crippen LogP contribution in [-0.4, -0.2) is 6.61 Å². The third-order valence-corrected chi connectivity index (χ3v) is 2.58. The Kier molecular flexibility index (Phi) is 6.63. The van der Waals surface area contributed by atoms with Gasteiger partial charge in [0.1, 0.15) is 5.75 Å². The van der Waals surface area contributed by atoms with E-state index in [2.05, 4.69) is 37.3 Å². The summed E-state index contributed by atoms with van der Waals surface area (Å²) in [5.74, 6) is 0.985. The maximum Gasteiger partial charge on any atom is 0.122 e. The maximum atomic E-state index is 5.74. The highest BCUT2D eigenvalue weighted by molar-refractivity contribution is 5.31. The minimum atomic E-state index is 0.731. The average Bonchev–Trinajstić information content (AvgIpc) is 2.44. The second-order valence-electron chi connectivity index (χ2n) is 3.85.